The number of hydrogen-bond donors (Lipinski definition) is 1. The SMILES string of the molecule is COc1nccc2c1CCCNC2. The molecule has 70 valence electrons. The van der Waals surface area contributed by atoms with E-state index in [2.05, 4.69) is 16.4 Å². The molecule has 0 unspecified atom stereocenters. The Balaban J connectivity index is 2.40. The van der Waals surface area contributed by atoms with Gasteiger partial charge in [-0.2, -0.15) is 0 Å². The average molecular weight is 178 g/mol. The summed E-state index contributed by atoms with van der Waals surface area (Å²) in [5.74, 6) is 0.793. The summed E-state index contributed by atoms with van der Waals surface area (Å²) >= 11 is 0. The fourth-order valence-electron chi connectivity index (χ4n) is 1.73. The van der Waals surface area contributed by atoms with Gasteiger partial charge in [0, 0.05) is 18.3 Å². The lowest BCUT2D eigenvalue weighted by atomic mass is 10.1. The number of nitrogens with one attached hydrogen (secondary N) is 1. The summed E-state index contributed by atoms with van der Waals surface area (Å²) in [5.41, 5.74) is 2.60. The Morgan fingerprint density at radius 1 is 1.54 bits per heavy atom. The highest BCUT2D eigenvalue weighted by molar-refractivity contribution is 5.35. The predicted molar refractivity (Wildman–Crippen MR) is 50.8 cm³/mol. The minimum atomic E-state index is 0.793. The van der Waals surface area contributed by atoms with Crippen LogP contribution in [0.1, 0.15) is 17.5 Å². The molecule has 0 spiro atoms. The maximum absolute atomic E-state index is 5.23. The average Bonchev–Trinajstić information content (AvgIpc) is 2.41. The molecule has 1 N–H and O–H groups in total. The summed E-state index contributed by atoms with van der Waals surface area (Å²) in [5, 5.41) is 3.37. The van der Waals surface area contributed by atoms with Crippen molar-refractivity contribution in [3.05, 3.63) is 23.4 Å². The van der Waals surface area contributed by atoms with Crippen molar-refractivity contribution in [2.75, 3.05) is 13.7 Å². The molecular formula is C10H14N2O. The number of rotatable bonds is 1. The number of ether oxygens (including phenoxy) is 1. The Kier molecular flexibility index (Phi) is 2.45. The second-order valence-corrected chi connectivity index (χ2v) is 3.24. The van der Waals surface area contributed by atoms with E-state index in [1.807, 2.05) is 6.20 Å². The van der Waals surface area contributed by atoms with Crippen molar-refractivity contribution in [2.24, 2.45) is 0 Å². The molecule has 13 heavy (non-hydrogen) atoms. The number of methoxy groups -OCH3 is 1. The molecule has 0 amide bonds. The zero-order valence-corrected chi connectivity index (χ0v) is 7.84. The van der Waals surface area contributed by atoms with Crippen LogP contribution in [0.2, 0.25) is 0 Å². The van der Waals surface area contributed by atoms with Crippen LogP contribution in [0, 0.1) is 0 Å². The molecule has 0 radical (unpaired) electrons. The number of pyridine rings is 1. The normalized spacial score (nSPS) is 16.1. The molecule has 1 aliphatic rings. The first-order chi connectivity index (χ1) is 6.42. The highest BCUT2D eigenvalue weighted by Crippen LogP contribution is 2.22. The summed E-state index contributed by atoms with van der Waals surface area (Å²) in [7, 11) is 1.68. The molecule has 1 aliphatic heterocycles. The largest absolute Gasteiger partial charge is 0.481 e. The lowest BCUT2D eigenvalue weighted by molar-refractivity contribution is 0.392. The molecule has 2 rings (SSSR count). The number of hydrogen-bond acceptors (Lipinski definition) is 3. The van der Waals surface area contributed by atoms with Crippen molar-refractivity contribution in [2.45, 2.75) is 19.4 Å². The van der Waals surface area contributed by atoms with E-state index in [1.54, 1.807) is 7.11 Å². The van der Waals surface area contributed by atoms with Gasteiger partial charge in [0.25, 0.3) is 0 Å². The van der Waals surface area contributed by atoms with Crippen molar-refractivity contribution in [3.63, 3.8) is 0 Å². The van der Waals surface area contributed by atoms with Crippen LogP contribution in [0.3, 0.4) is 0 Å². The molecule has 3 nitrogen and oxygen atoms in total. The monoisotopic (exact) mass is 178 g/mol. The second-order valence-electron chi connectivity index (χ2n) is 3.24. The van der Waals surface area contributed by atoms with E-state index in [0.717, 1.165) is 31.8 Å². The second kappa shape index (κ2) is 3.75. The van der Waals surface area contributed by atoms with E-state index in [-0.39, 0.29) is 0 Å². The van der Waals surface area contributed by atoms with Gasteiger partial charge >= 0.3 is 0 Å². The maximum atomic E-state index is 5.23. The molecule has 0 aromatic carbocycles. The first kappa shape index (κ1) is 8.51. The van der Waals surface area contributed by atoms with Gasteiger partial charge in [-0.1, -0.05) is 0 Å². The van der Waals surface area contributed by atoms with Crippen molar-refractivity contribution in [1.82, 2.24) is 10.3 Å². The van der Waals surface area contributed by atoms with Crippen LogP contribution in [0.4, 0.5) is 0 Å². The van der Waals surface area contributed by atoms with Crippen LogP contribution in [0.15, 0.2) is 12.3 Å². The summed E-state index contributed by atoms with van der Waals surface area (Å²) < 4.78 is 5.23. The number of aromatic nitrogens is 1. The Morgan fingerprint density at radius 3 is 3.31 bits per heavy atom. The van der Waals surface area contributed by atoms with Crippen LogP contribution in [-0.2, 0) is 13.0 Å². The highest BCUT2D eigenvalue weighted by atomic mass is 16.5. The van der Waals surface area contributed by atoms with Gasteiger partial charge < -0.3 is 10.1 Å². The first-order valence-corrected chi connectivity index (χ1v) is 4.63. The fourth-order valence-corrected chi connectivity index (χ4v) is 1.73. The molecule has 1 aromatic rings. The third kappa shape index (κ3) is 1.65. The topological polar surface area (TPSA) is 34.1 Å². The minimum absolute atomic E-state index is 0.793. The maximum Gasteiger partial charge on any atom is 0.216 e. The van der Waals surface area contributed by atoms with Crippen LogP contribution < -0.4 is 10.1 Å². The zero-order chi connectivity index (χ0) is 9.10. The molecule has 0 atom stereocenters. The molecule has 0 bridgehead atoms. The summed E-state index contributed by atoms with van der Waals surface area (Å²) in [4.78, 5) is 4.20. The Labute approximate surface area is 78.1 Å². The first-order valence-electron chi connectivity index (χ1n) is 4.63. The Bertz CT molecular complexity index is 299. The van der Waals surface area contributed by atoms with Crippen molar-refractivity contribution in [3.8, 4) is 5.88 Å². The van der Waals surface area contributed by atoms with E-state index in [4.69, 9.17) is 4.74 Å². The van der Waals surface area contributed by atoms with Gasteiger partial charge in [0.15, 0.2) is 0 Å². The van der Waals surface area contributed by atoms with Gasteiger partial charge in [0.1, 0.15) is 0 Å². The van der Waals surface area contributed by atoms with Gasteiger partial charge in [0.05, 0.1) is 7.11 Å². The molecular weight excluding hydrogens is 164 g/mol. The summed E-state index contributed by atoms with van der Waals surface area (Å²) in [6.45, 7) is 2.02. The van der Waals surface area contributed by atoms with Gasteiger partial charge in [-0.3, -0.25) is 0 Å². The summed E-state index contributed by atoms with van der Waals surface area (Å²) in [6.07, 6.45) is 4.04. The van der Waals surface area contributed by atoms with Gasteiger partial charge in [-0.15, -0.1) is 0 Å². The van der Waals surface area contributed by atoms with Crippen LogP contribution in [0.25, 0.3) is 0 Å². The van der Waals surface area contributed by atoms with Crippen molar-refractivity contribution in [1.29, 1.82) is 0 Å². The Morgan fingerprint density at radius 2 is 2.46 bits per heavy atom. The third-order valence-corrected chi connectivity index (χ3v) is 2.40. The molecule has 1 aromatic heterocycles. The van der Waals surface area contributed by atoms with Crippen LogP contribution >= 0.6 is 0 Å². The quantitative estimate of drug-likeness (QED) is 0.700. The molecule has 0 saturated heterocycles. The summed E-state index contributed by atoms with van der Waals surface area (Å²) in [6, 6.07) is 2.07. The van der Waals surface area contributed by atoms with Gasteiger partial charge in [-0.05, 0) is 31.0 Å². The standard InChI is InChI=1S/C10H14N2O/c1-13-10-9-3-2-5-11-7-8(9)4-6-12-10/h4,6,11H,2-3,5,7H2,1H3. The van der Waals surface area contributed by atoms with E-state index in [0.29, 0.717) is 0 Å². The smallest absolute Gasteiger partial charge is 0.216 e. The molecule has 2 heterocycles. The fraction of sp³-hybridized carbons (Fsp3) is 0.500. The molecule has 0 fully saturated rings. The molecule has 0 saturated carbocycles. The van der Waals surface area contributed by atoms with Crippen molar-refractivity contribution < 1.29 is 4.74 Å². The third-order valence-electron chi connectivity index (χ3n) is 2.40. The lowest BCUT2D eigenvalue weighted by Gasteiger charge is -2.08. The van der Waals surface area contributed by atoms with E-state index in [1.165, 1.54) is 11.1 Å². The van der Waals surface area contributed by atoms with Crippen LogP contribution in [0.5, 0.6) is 5.88 Å². The molecule has 0 aliphatic carbocycles. The molecule has 3 heteroatoms. The lowest BCUT2D eigenvalue weighted by Crippen LogP contribution is -2.11. The van der Waals surface area contributed by atoms with Gasteiger partial charge in [-0.25, -0.2) is 4.98 Å². The van der Waals surface area contributed by atoms with E-state index >= 15 is 0 Å². The predicted octanol–water partition coefficient (Wildman–Crippen LogP) is 1.13. The van der Waals surface area contributed by atoms with E-state index in [9.17, 15) is 0 Å². The minimum Gasteiger partial charge on any atom is -0.481 e. The van der Waals surface area contributed by atoms with Gasteiger partial charge in [0.2, 0.25) is 5.88 Å². The number of fused-ring (bicyclic) bond motifs is 1. The number of nitrogens with zero attached hydrogens (tertiary/aromatic N) is 1. The van der Waals surface area contributed by atoms with Crippen LogP contribution in [-0.4, -0.2) is 18.6 Å². The van der Waals surface area contributed by atoms with E-state index < -0.39 is 0 Å². The van der Waals surface area contributed by atoms with Crippen molar-refractivity contribution >= 4 is 0 Å². The highest BCUT2D eigenvalue weighted by Gasteiger charge is 2.12. The zero-order valence-electron chi connectivity index (χ0n) is 7.84. The Hall–Kier alpha value is -1.09.